The molecule has 2 atom stereocenters. The summed E-state index contributed by atoms with van der Waals surface area (Å²) in [6.07, 6.45) is 0.372. The fraction of sp³-hybridized carbons (Fsp3) is 0.407. The lowest BCUT2D eigenvalue weighted by molar-refractivity contribution is -0.127. The van der Waals surface area contributed by atoms with Crippen molar-refractivity contribution in [1.29, 1.82) is 0 Å². The Kier molecular flexibility index (Phi) is 7.19. The molecule has 2 aromatic carbocycles. The number of para-hydroxylation sites is 2. The van der Waals surface area contributed by atoms with E-state index in [1.807, 2.05) is 74.5 Å². The van der Waals surface area contributed by atoms with Gasteiger partial charge in [0.05, 0.1) is 11.8 Å². The van der Waals surface area contributed by atoms with Gasteiger partial charge in [-0.25, -0.2) is 0 Å². The first-order valence-electron chi connectivity index (χ1n) is 12.0. The van der Waals surface area contributed by atoms with Crippen LogP contribution in [0.2, 0.25) is 0 Å². The Bertz CT molecular complexity index is 1000. The van der Waals surface area contributed by atoms with Crippen LogP contribution >= 0.6 is 0 Å². The smallest absolute Gasteiger partial charge is 0.227 e. The molecule has 184 valence electrons. The topological polar surface area (TPSA) is 98.8 Å². The molecule has 0 spiro atoms. The normalized spacial score (nSPS) is 20.3. The number of amides is 4. The number of nitrogens with zero attached hydrogens (tertiary/aromatic N) is 2. The number of hydrogen-bond donors (Lipinski definition) is 2. The summed E-state index contributed by atoms with van der Waals surface area (Å²) in [6.45, 7) is 5.36. The first-order chi connectivity index (χ1) is 16.7. The minimum absolute atomic E-state index is 0.0569. The third-order valence-electron chi connectivity index (χ3n) is 6.61. The van der Waals surface area contributed by atoms with Crippen molar-refractivity contribution in [3.8, 4) is 0 Å². The van der Waals surface area contributed by atoms with Crippen LogP contribution < -0.4 is 20.4 Å². The van der Waals surface area contributed by atoms with Crippen LogP contribution in [0.1, 0.15) is 26.7 Å². The van der Waals surface area contributed by atoms with Gasteiger partial charge in [-0.05, 0) is 29.7 Å². The van der Waals surface area contributed by atoms with E-state index in [1.54, 1.807) is 9.80 Å². The summed E-state index contributed by atoms with van der Waals surface area (Å²) in [5.41, 5.74) is 1.20. The molecule has 2 saturated heterocycles. The van der Waals surface area contributed by atoms with Crippen LogP contribution in [0.4, 0.5) is 11.4 Å². The van der Waals surface area contributed by atoms with Crippen LogP contribution in [0.25, 0.3) is 0 Å². The first-order valence-corrected chi connectivity index (χ1v) is 12.0. The minimum Gasteiger partial charge on any atom is -0.355 e. The van der Waals surface area contributed by atoms with Crippen molar-refractivity contribution in [2.75, 3.05) is 36.0 Å². The van der Waals surface area contributed by atoms with Crippen molar-refractivity contribution < 1.29 is 19.2 Å². The van der Waals surface area contributed by atoms with Gasteiger partial charge in [-0.1, -0.05) is 50.2 Å². The molecule has 4 amide bonds. The van der Waals surface area contributed by atoms with Crippen molar-refractivity contribution >= 4 is 35.0 Å². The van der Waals surface area contributed by atoms with Crippen LogP contribution in [0.15, 0.2) is 60.7 Å². The van der Waals surface area contributed by atoms with Gasteiger partial charge < -0.3 is 20.4 Å². The van der Waals surface area contributed by atoms with Gasteiger partial charge >= 0.3 is 0 Å². The first kappa shape index (κ1) is 24.4. The number of carbonyl (C=O) groups excluding carboxylic acids is 4. The second-order valence-corrected chi connectivity index (χ2v) is 10.1. The summed E-state index contributed by atoms with van der Waals surface area (Å²) < 4.78 is 0. The highest BCUT2D eigenvalue weighted by molar-refractivity contribution is 6.01. The SMILES string of the molecule is CC(C)(CNC(=O)C1CC(=O)N(c2ccccc2)C1)CNC(=O)C1CC(=O)N(c2ccccc2)C1. The zero-order chi connectivity index (χ0) is 25.0. The molecular formula is C27H32N4O4. The van der Waals surface area contributed by atoms with Gasteiger partial charge in [-0.3, -0.25) is 19.2 Å². The van der Waals surface area contributed by atoms with Gasteiger partial charge in [-0.2, -0.15) is 0 Å². The maximum atomic E-state index is 12.7. The Morgan fingerprint density at radius 1 is 0.743 bits per heavy atom. The molecule has 2 fully saturated rings. The van der Waals surface area contributed by atoms with E-state index in [0.29, 0.717) is 26.2 Å². The predicted octanol–water partition coefficient (Wildman–Crippen LogP) is 2.35. The van der Waals surface area contributed by atoms with E-state index < -0.39 is 17.3 Å². The highest BCUT2D eigenvalue weighted by Crippen LogP contribution is 2.26. The molecule has 0 aliphatic carbocycles. The lowest BCUT2D eigenvalue weighted by Crippen LogP contribution is -2.45. The minimum atomic E-state index is -0.401. The molecule has 4 rings (SSSR count). The van der Waals surface area contributed by atoms with Crippen molar-refractivity contribution in [2.45, 2.75) is 26.7 Å². The molecule has 0 saturated carbocycles. The summed E-state index contributed by atoms with van der Waals surface area (Å²) in [6, 6.07) is 18.7. The van der Waals surface area contributed by atoms with Gasteiger partial charge in [0, 0.05) is 50.4 Å². The number of benzene rings is 2. The van der Waals surface area contributed by atoms with Crippen LogP contribution in [0.3, 0.4) is 0 Å². The fourth-order valence-electron chi connectivity index (χ4n) is 4.49. The molecule has 2 heterocycles. The maximum absolute atomic E-state index is 12.7. The van der Waals surface area contributed by atoms with Gasteiger partial charge in [0.2, 0.25) is 23.6 Å². The number of hydrogen-bond acceptors (Lipinski definition) is 4. The highest BCUT2D eigenvalue weighted by atomic mass is 16.2. The molecule has 2 aliphatic rings. The molecule has 2 N–H and O–H groups in total. The van der Waals surface area contributed by atoms with Gasteiger partial charge in [0.25, 0.3) is 0 Å². The lowest BCUT2D eigenvalue weighted by atomic mass is 9.92. The monoisotopic (exact) mass is 476 g/mol. The summed E-state index contributed by atoms with van der Waals surface area (Å²) in [7, 11) is 0. The predicted molar refractivity (Wildman–Crippen MR) is 134 cm³/mol. The fourth-order valence-corrected chi connectivity index (χ4v) is 4.49. The quantitative estimate of drug-likeness (QED) is 0.611. The summed E-state index contributed by atoms with van der Waals surface area (Å²) in [5, 5.41) is 5.91. The summed E-state index contributed by atoms with van der Waals surface area (Å²) in [4.78, 5) is 53.6. The molecule has 0 radical (unpaired) electrons. The Morgan fingerprint density at radius 2 is 1.11 bits per heavy atom. The molecule has 35 heavy (non-hydrogen) atoms. The second-order valence-electron chi connectivity index (χ2n) is 10.1. The van der Waals surface area contributed by atoms with Crippen LogP contribution in [0, 0.1) is 17.3 Å². The van der Waals surface area contributed by atoms with Crippen molar-refractivity contribution in [3.05, 3.63) is 60.7 Å². The zero-order valence-corrected chi connectivity index (χ0v) is 20.2. The molecule has 8 heteroatoms. The van der Waals surface area contributed by atoms with E-state index in [9.17, 15) is 19.2 Å². The van der Waals surface area contributed by atoms with Crippen LogP contribution in [-0.4, -0.2) is 49.8 Å². The van der Waals surface area contributed by atoms with Gasteiger partial charge in [-0.15, -0.1) is 0 Å². The van der Waals surface area contributed by atoms with Crippen LogP contribution in [-0.2, 0) is 19.2 Å². The Labute approximate surface area is 205 Å². The molecule has 0 aromatic heterocycles. The van der Waals surface area contributed by atoms with Gasteiger partial charge in [0.1, 0.15) is 0 Å². The number of carbonyl (C=O) groups is 4. The van der Waals surface area contributed by atoms with E-state index in [-0.39, 0.29) is 36.5 Å². The Morgan fingerprint density at radius 3 is 1.49 bits per heavy atom. The highest BCUT2D eigenvalue weighted by Gasteiger charge is 2.37. The third-order valence-corrected chi connectivity index (χ3v) is 6.61. The largest absolute Gasteiger partial charge is 0.355 e. The summed E-state index contributed by atoms with van der Waals surface area (Å²) in [5.74, 6) is -1.23. The van der Waals surface area contributed by atoms with E-state index in [1.165, 1.54) is 0 Å². The van der Waals surface area contributed by atoms with E-state index in [4.69, 9.17) is 0 Å². The zero-order valence-electron chi connectivity index (χ0n) is 20.2. The Balaban J connectivity index is 1.23. The third kappa shape index (κ3) is 5.88. The molecule has 2 aromatic rings. The van der Waals surface area contributed by atoms with Crippen molar-refractivity contribution in [2.24, 2.45) is 17.3 Å². The number of nitrogens with one attached hydrogen (secondary N) is 2. The maximum Gasteiger partial charge on any atom is 0.227 e. The van der Waals surface area contributed by atoms with E-state index in [2.05, 4.69) is 10.6 Å². The standard InChI is InChI=1S/C27H32N4O4/c1-27(2,17-28-25(34)19-13-23(32)30(15-19)21-9-5-3-6-10-21)18-29-26(35)20-14-24(33)31(16-20)22-11-7-4-8-12-22/h3-12,19-20H,13-18H2,1-2H3,(H,28,34)(H,29,35). The number of anilines is 2. The molecule has 0 bridgehead atoms. The number of rotatable bonds is 8. The van der Waals surface area contributed by atoms with Gasteiger partial charge in [0.15, 0.2) is 0 Å². The van der Waals surface area contributed by atoms with E-state index in [0.717, 1.165) is 11.4 Å². The Hall–Kier alpha value is -3.68. The molecular weight excluding hydrogens is 444 g/mol. The molecule has 2 aliphatic heterocycles. The molecule has 2 unspecified atom stereocenters. The van der Waals surface area contributed by atoms with E-state index >= 15 is 0 Å². The van der Waals surface area contributed by atoms with Crippen molar-refractivity contribution in [3.63, 3.8) is 0 Å². The summed E-state index contributed by atoms with van der Waals surface area (Å²) >= 11 is 0. The second kappa shape index (κ2) is 10.3. The van der Waals surface area contributed by atoms with Crippen LogP contribution in [0.5, 0.6) is 0 Å². The average molecular weight is 477 g/mol. The van der Waals surface area contributed by atoms with Crippen molar-refractivity contribution in [1.82, 2.24) is 10.6 Å². The lowest BCUT2D eigenvalue weighted by Gasteiger charge is -2.27. The average Bonchev–Trinajstić information content (AvgIpc) is 3.45. The molecule has 8 nitrogen and oxygen atoms in total.